The molecule has 0 bridgehead atoms. The van der Waals surface area contributed by atoms with Gasteiger partial charge in [0.2, 0.25) is 11.8 Å². The number of rotatable bonds is 19. The molecule has 0 saturated heterocycles. The van der Waals surface area contributed by atoms with Gasteiger partial charge in [-0.15, -0.1) is 0 Å². The quantitative estimate of drug-likeness (QED) is 0.140. The highest BCUT2D eigenvalue weighted by atomic mass is 16.6. The van der Waals surface area contributed by atoms with Crippen LogP contribution in [0.5, 0.6) is 0 Å². The van der Waals surface area contributed by atoms with Gasteiger partial charge in [-0.25, -0.2) is 9.79 Å². The third-order valence-corrected chi connectivity index (χ3v) is 9.65. The van der Waals surface area contributed by atoms with Gasteiger partial charge in [-0.1, -0.05) is 30.7 Å². The number of carbonyl (C=O) groups is 4. The van der Waals surface area contributed by atoms with E-state index in [-0.39, 0.29) is 43.4 Å². The van der Waals surface area contributed by atoms with Gasteiger partial charge in [0.05, 0.1) is 60.2 Å². The summed E-state index contributed by atoms with van der Waals surface area (Å²) >= 11 is 0. The fourth-order valence-corrected chi connectivity index (χ4v) is 5.93. The van der Waals surface area contributed by atoms with Crippen LogP contribution in [0.4, 0.5) is 5.69 Å². The lowest BCUT2D eigenvalue weighted by Gasteiger charge is -2.32. The minimum absolute atomic E-state index is 0.0385. The summed E-state index contributed by atoms with van der Waals surface area (Å²) in [5.74, 6) is -1.25. The van der Waals surface area contributed by atoms with Crippen molar-refractivity contribution in [3.05, 3.63) is 74.7 Å². The highest BCUT2D eigenvalue weighted by Crippen LogP contribution is 2.36. The highest BCUT2D eigenvalue weighted by molar-refractivity contribution is 6.15. The SMILES string of the molecule is CC(C)(CCNC(=O)COCC(=O)NCC=O)OCCC(C)(C)OCCN.CC/C(C)=C1\Cn2c(cc3c(c2=O)COC(=O)C3(C)OC)C1=Nc1ccccc1. The van der Waals surface area contributed by atoms with E-state index in [0.717, 1.165) is 29.8 Å². The molecular formula is C41H59N5O10. The van der Waals surface area contributed by atoms with Crippen LogP contribution in [0.25, 0.3) is 0 Å². The number of pyridine rings is 1. The Hall–Kier alpha value is -4.54. The van der Waals surface area contributed by atoms with Crippen LogP contribution in [0.1, 0.15) is 84.5 Å². The summed E-state index contributed by atoms with van der Waals surface area (Å²) in [7, 11) is 1.45. The Balaban J connectivity index is 0.000000302. The van der Waals surface area contributed by atoms with Crippen molar-refractivity contribution in [2.75, 3.05) is 53.2 Å². The fourth-order valence-electron chi connectivity index (χ4n) is 5.93. The molecular weight excluding hydrogens is 722 g/mol. The van der Waals surface area contributed by atoms with Gasteiger partial charge >= 0.3 is 5.97 Å². The van der Waals surface area contributed by atoms with Crippen LogP contribution in [0.3, 0.4) is 0 Å². The monoisotopic (exact) mass is 781 g/mol. The van der Waals surface area contributed by atoms with Crippen molar-refractivity contribution in [3.63, 3.8) is 0 Å². The van der Waals surface area contributed by atoms with Crippen molar-refractivity contribution in [3.8, 4) is 0 Å². The number of esters is 1. The van der Waals surface area contributed by atoms with Crippen LogP contribution in [0, 0.1) is 0 Å². The standard InChI is InChI=1S/C23H24N2O4.C18H35N3O6/c1-5-14(2)16-12-25-19(20(16)24-15-9-7-6-8-10-15)11-18-17(21(25)26)13-29-22(27)23(18,3)28-4;1-17(2,26-11-6-18(3,4)27-12-7-19)5-8-20-15(23)13-25-14-16(24)21-9-10-22/h6-11H,5,12-13H2,1-4H3;10H,5-9,11-14,19H2,1-4H3,(H,20,23)(H,21,24)/b16-14+,24-20?;. The molecule has 0 radical (unpaired) electrons. The Morgan fingerprint density at radius 2 is 1.66 bits per heavy atom. The van der Waals surface area contributed by atoms with Gasteiger partial charge in [0.25, 0.3) is 5.56 Å². The second kappa shape index (κ2) is 21.1. The van der Waals surface area contributed by atoms with E-state index in [4.69, 9.17) is 34.4 Å². The van der Waals surface area contributed by atoms with E-state index in [1.54, 1.807) is 11.5 Å². The average Bonchev–Trinajstić information content (AvgIpc) is 3.53. The number of aliphatic imine (C=N–C) groups is 1. The van der Waals surface area contributed by atoms with E-state index in [2.05, 4.69) is 24.5 Å². The van der Waals surface area contributed by atoms with Gasteiger partial charge in [0, 0.05) is 25.8 Å². The zero-order valence-corrected chi connectivity index (χ0v) is 34.1. The molecule has 15 nitrogen and oxygen atoms in total. The number of nitrogens with two attached hydrogens (primary N) is 1. The number of methoxy groups -OCH3 is 1. The molecule has 4 rings (SSSR count). The predicted octanol–water partition coefficient (Wildman–Crippen LogP) is 3.39. The highest BCUT2D eigenvalue weighted by Gasteiger charge is 2.45. The number of hydrogen-bond acceptors (Lipinski definition) is 12. The molecule has 2 aliphatic rings. The first kappa shape index (κ1) is 45.8. The number of para-hydroxylation sites is 1. The molecule has 1 aromatic carbocycles. The maximum Gasteiger partial charge on any atom is 0.343 e. The van der Waals surface area contributed by atoms with Crippen molar-refractivity contribution in [1.29, 1.82) is 0 Å². The summed E-state index contributed by atoms with van der Waals surface area (Å²) in [6.07, 6.45) is 2.80. The Kier molecular flexibility index (Phi) is 17.3. The second-order valence-corrected chi connectivity index (χ2v) is 14.9. The maximum atomic E-state index is 13.3. The van der Waals surface area contributed by atoms with Gasteiger partial charge in [-0.2, -0.15) is 0 Å². The predicted molar refractivity (Wildman–Crippen MR) is 212 cm³/mol. The van der Waals surface area contributed by atoms with Crippen LogP contribution in [0.15, 0.2) is 57.3 Å². The van der Waals surface area contributed by atoms with Crippen molar-refractivity contribution in [1.82, 2.24) is 15.2 Å². The van der Waals surface area contributed by atoms with E-state index in [9.17, 15) is 24.0 Å². The molecule has 0 fully saturated rings. The molecule has 1 aromatic heterocycles. The normalized spacial score (nSPS) is 17.9. The van der Waals surface area contributed by atoms with E-state index in [0.29, 0.717) is 62.4 Å². The topological polar surface area (TPSA) is 199 Å². The molecule has 0 saturated carbocycles. The lowest BCUT2D eigenvalue weighted by Crippen LogP contribution is -2.44. The van der Waals surface area contributed by atoms with Gasteiger partial charge in [0.15, 0.2) is 5.60 Å². The first-order valence-electron chi connectivity index (χ1n) is 18.9. The largest absolute Gasteiger partial charge is 0.458 e. The van der Waals surface area contributed by atoms with Crippen molar-refractivity contribution in [2.24, 2.45) is 10.7 Å². The number of carbonyl (C=O) groups excluding carboxylic acids is 4. The molecule has 56 heavy (non-hydrogen) atoms. The summed E-state index contributed by atoms with van der Waals surface area (Å²) in [6.45, 7) is 15.6. The first-order valence-corrected chi connectivity index (χ1v) is 18.9. The average molecular weight is 782 g/mol. The van der Waals surface area contributed by atoms with Gasteiger partial charge in [0.1, 0.15) is 26.1 Å². The molecule has 2 aliphatic heterocycles. The maximum absolute atomic E-state index is 13.3. The molecule has 3 heterocycles. The lowest BCUT2D eigenvalue weighted by atomic mass is 9.89. The number of aldehydes is 1. The van der Waals surface area contributed by atoms with Gasteiger partial charge < -0.3 is 49.4 Å². The van der Waals surface area contributed by atoms with Crippen molar-refractivity contribution in [2.45, 2.75) is 97.7 Å². The third-order valence-electron chi connectivity index (χ3n) is 9.65. The Labute approximate surface area is 329 Å². The zero-order valence-electron chi connectivity index (χ0n) is 34.1. The lowest BCUT2D eigenvalue weighted by molar-refractivity contribution is -0.173. The van der Waals surface area contributed by atoms with E-state index in [1.807, 2.05) is 64.1 Å². The van der Waals surface area contributed by atoms with Crippen LogP contribution in [0.2, 0.25) is 0 Å². The van der Waals surface area contributed by atoms with Crippen molar-refractivity contribution >= 4 is 35.5 Å². The molecule has 0 aliphatic carbocycles. The second-order valence-electron chi connectivity index (χ2n) is 14.9. The fraction of sp³-hybridized carbons (Fsp3) is 0.561. The number of ether oxygens (including phenoxy) is 5. The Morgan fingerprint density at radius 1 is 1.02 bits per heavy atom. The van der Waals surface area contributed by atoms with Crippen LogP contribution in [-0.2, 0) is 61.6 Å². The molecule has 4 N–H and O–H groups in total. The zero-order chi connectivity index (χ0) is 41.5. The molecule has 1 atom stereocenters. The molecule has 1 unspecified atom stereocenters. The number of allylic oxidation sites excluding steroid dienone is 2. The van der Waals surface area contributed by atoms with Gasteiger partial charge in [-0.05, 0) is 84.6 Å². The number of nitrogens with one attached hydrogen (secondary N) is 2. The number of aromatic nitrogens is 1. The number of benzene rings is 1. The Morgan fingerprint density at radius 3 is 2.29 bits per heavy atom. The van der Waals surface area contributed by atoms with Crippen molar-refractivity contribution < 1.29 is 42.9 Å². The number of nitrogens with zero attached hydrogens (tertiary/aromatic N) is 2. The minimum Gasteiger partial charge on any atom is -0.458 e. The molecule has 15 heteroatoms. The molecule has 308 valence electrons. The van der Waals surface area contributed by atoms with E-state index < -0.39 is 23.1 Å². The van der Waals surface area contributed by atoms with Crippen LogP contribution < -0.4 is 21.9 Å². The first-order chi connectivity index (χ1) is 26.5. The molecule has 2 amide bonds. The number of amides is 2. The smallest absolute Gasteiger partial charge is 0.343 e. The Bertz CT molecular complexity index is 1800. The van der Waals surface area contributed by atoms with E-state index >= 15 is 0 Å². The van der Waals surface area contributed by atoms with Gasteiger partial charge in [-0.3, -0.25) is 14.4 Å². The summed E-state index contributed by atoms with van der Waals surface area (Å²) in [4.78, 5) is 63.6. The number of fused-ring (bicyclic) bond motifs is 2. The molecule has 2 aromatic rings. The third kappa shape index (κ3) is 12.7. The van der Waals surface area contributed by atoms with E-state index in [1.165, 1.54) is 12.7 Å². The summed E-state index contributed by atoms with van der Waals surface area (Å²) in [5.41, 5.74) is 8.83. The van der Waals surface area contributed by atoms with Crippen LogP contribution >= 0.6 is 0 Å². The molecule has 0 spiro atoms. The minimum atomic E-state index is -1.31. The number of cyclic esters (lactones) is 1. The summed E-state index contributed by atoms with van der Waals surface area (Å²) in [5, 5.41) is 5.03. The number of hydrogen-bond donors (Lipinski definition) is 3. The summed E-state index contributed by atoms with van der Waals surface area (Å²) < 4.78 is 29.0. The summed E-state index contributed by atoms with van der Waals surface area (Å²) in [6, 6.07) is 11.5. The van der Waals surface area contributed by atoms with Crippen LogP contribution in [-0.4, -0.2) is 98.7 Å².